The van der Waals surface area contributed by atoms with E-state index in [1.165, 1.54) is 10.9 Å². The van der Waals surface area contributed by atoms with Gasteiger partial charge >= 0.3 is 5.69 Å². The molecule has 0 spiro atoms. The normalized spacial score (nSPS) is 15.7. The van der Waals surface area contributed by atoms with Gasteiger partial charge in [0, 0.05) is 6.54 Å². The number of fused-ring (bicyclic) bond motifs is 1. The molecule has 3 N–H and O–H groups in total. The van der Waals surface area contributed by atoms with E-state index in [2.05, 4.69) is 21.9 Å². The van der Waals surface area contributed by atoms with Crippen LogP contribution in [0.4, 0.5) is 0 Å². The van der Waals surface area contributed by atoms with Gasteiger partial charge in [-0.05, 0) is 31.6 Å². The van der Waals surface area contributed by atoms with Crippen molar-refractivity contribution in [1.82, 2.24) is 19.5 Å². The van der Waals surface area contributed by atoms with E-state index in [0.29, 0.717) is 31.3 Å². The Kier molecular flexibility index (Phi) is 5.41. The van der Waals surface area contributed by atoms with Crippen molar-refractivity contribution in [3.63, 3.8) is 0 Å². The van der Waals surface area contributed by atoms with Crippen LogP contribution in [0.25, 0.3) is 11.2 Å². The molecular weight excluding hydrogens is 296 g/mol. The summed E-state index contributed by atoms with van der Waals surface area (Å²) in [5.74, 6) is 0.218. The van der Waals surface area contributed by atoms with Gasteiger partial charge in [-0.1, -0.05) is 27.2 Å². The molecule has 2 rings (SSSR count). The van der Waals surface area contributed by atoms with Crippen molar-refractivity contribution in [3.05, 3.63) is 27.2 Å². The zero-order chi connectivity index (χ0) is 17.0. The van der Waals surface area contributed by atoms with Gasteiger partial charge < -0.3 is 10.1 Å². The molecule has 0 aliphatic rings. The molecule has 2 heterocycles. The van der Waals surface area contributed by atoms with Gasteiger partial charge in [0.15, 0.2) is 5.65 Å². The fraction of sp³-hybridized carbons (Fsp3) is 0.688. The number of hydrogen-bond donors (Lipinski definition) is 3. The minimum absolute atomic E-state index is 0.218. The molecule has 0 bridgehead atoms. The maximum atomic E-state index is 12.3. The smallest absolute Gasteiger partial charge is 0.330 e. The van der Waals surface area contributed by atoms with Gasteiger partial charge in [0.1, 0.15) is 5.52 Å². The number of hydrogen-bond acceptors (Lipinski definition) is 4. The van der Waals surface area contributed by atoms with Crippen molar-refractivity contribution in [1.29, 1.82) is 0 Å². The molecule has 0 aliphatic heterocycles. The molecule has 0 radical (unpaired) electrons. The van der Waals surface area contributed by atoms with Crippen molar-refractivity contribution in [2.75, 3.05) is 0 Å². The van der Waals surface area contributed by atoms with Gasteiger partial charge in [0.2, 0.25) is 0 Å². The second-order valence-electron chi connectivity index (χ2n) is 6.44. The van der Waals surface area contributed by atoms with Crippen LogP contribution in [0.2, 0.25) is 0 Å². The first-order chi connectivity index (χ1) is 10.9. The number of aliphatic hydroxyl groups is 1. The van der Waals surface area contributed by atoms with Crippen LogP contribution in [0.1, 0.15) is 52.9 Å². The molecule has 23 heavy (non-hydrogen) atoms. The van der Waals surface area contributed by atoms with Crippen LogP contribution in [0, 0.1) is 5.92 Å². The fourth-order valence-electron chi connectivity index (χ4n) is 3.14. The molecule has 2 atom stereocenters. The third kappa shape index (κ3) is 3.90. The number of imidazole rings is 1. The molecule has 7 heteroatoms. The van der Waals surface area contributed by atoms with Crippen LogP contribution in [-0.2, 0) is 6.54 Å². The lowest BCUT2D eigenvalue weighted by Crippen LogP contribution is -2.36. The minimum atomic E-state index is -0.654. The fourth-order valence-corrected chi connectivity index (χ4v) is 3.14. The van der Waals surface area contributed by atoms with Crippen LogP contribution in [0.3, 0.4) is 0 Å². The van der Waals surface area contributed by atoms with Crippen molar-refractivity contribution < 1.29 is 5.11 Å². The van der Waals surface area contributed by atoms with Gasteiger partial charge in [-0.15, -0.1) is 0 Å². The molecule has 0 aromatic carbocycles. The molecule has 2 unspecified atom stereocenters. The molecule has 0 amide bonds. The monoisotopic (exact) mass is 322 g/mol. The van der Waals surface area contributed by atoms with Crippen molar-refractivity contribution >= 4 is 11.2 Å². The molecule has 7 nitrogen and oxygen atoms in total. The first kappa shape index (κ1) is 17.5. The highest BCUT2D eigenvalue weighted by molar-refractivity contribution is 5.67. The van der Waals surface area contributed by atoms with E-state index in [1.54, 1.807) is 0 Å². The average molecular weight is 322 g/mol. The number of aromatic amines is 2. The minimum Gasteiger partial charge on any atom is -0.390 e. The van der Waals surface area contributed by atoms with Gasteiger partial charge in [-0.3, -0.25) is 14.3 Å². The standard InChI is InChI=1S/C16H26N4O3/c1-4-7-16(23,5-2)9-11(3)6-8-20-14(21)12-13(18-10-17-12)19-15(20)22/h10-11,23H,4-9H2,1-3H3,(H,17,18)(H,19,22). The Morgan fingerprint density at radius 2 is 2.13 bits per heavy atom. The number of nitrogens with zero attached hydrogens (tertiary/aromatic N) is 2. The molecule has 0 saturated heterocycles. The summed E-state index contributed by atoms with van der Waals surface area (Å²) in [7, 11) is 0. The maximum Gasteiger partial charge on any atom is 0.330 e. The largest absolute Gasteiger partial charge is 0.390 e. The van der Waals surface area contributed by atoms with E-state index in [4.69, 9.17) is 0 Å². The molecule has 2 aromatic rings. The molecule has 0 aliphatic carbocycles. The van der Waals surface area contributed by atoms with Crippen LogP contribution in [0.5, 0.6) is 0 Å². The van der Waals surface area contributed by atoms with E-state index in [9.17, 15) is 14.7 Å². The van der Waals surface area contributed by atoms with Gasteiger partial charge in [0.05, 0.1) is 11.9 Å². The van der Waals surface area contributed by atoms with Gasteiger partial charge in [0.25, 0.3) is 5.56 Å². The Balaban J connectivity index is 2.09. The van der Waals surface area contributed by atoms with Crippen LogP contribution in [0.15, 0.2) is 15.9 Å². The summed E-state index contributed by atoms with van der Waals surface area (Å²) in [5, 5.41) is 10.6. The number of H-pyrrole nitrogens is 2. The number of rotatable bonds is 8. The van der Waals surface area contributed by atoms with Crippen molar-refractivity contribution in [2.45, 2.75) is 65.0 Å². The number of nitrogens with one attached hydrogen (secondary N) is 2. The van der Waals surface area contributed by atoms with Crippen molar-refractivity contribution in [2.24, 2.45) is 5.92 Å². The summed E-state index contributed by atoms with van der Waals surface area (Å²) in [6.45, 7) is 6.42. The second-order valence-corrected chi connectivity index (χ2v) is 6.44. The van der Waals surface area contributed by atoms with Crippen molar-refractivity contribution in [3.8, 4) is 0 Å². The predicted molar refractivity (Wildman–Crippen MR) is 89.5 cm³/mol. The topological polar surface area (TPSA) is 104 Å². The van der Waals surface area contributed by atoms with Crippen LogP contribution < -0.4 is 11.2 Å². The first-order valence-corrected chi connectivity index (χ1v) is 8.28. The lowest BCUT2D eigenvalue weighted by molar-refractivity contribution is 0.00347. The summed E-state index contributed by atoms with van der Waals surface area (Å²) in [6.07, 6.45) is 5.15. The first-order valence-electron chi connectivity index (χ1n) is 8.28. The van der Waals surface area contributed by atoms with Crippen LogP contribution in [-0.4, -0.2) is 30.2 Å². The predicted octanol–water partition coefficient (Wildman–Crippen LogP) is 1.77. The third-order valence-electron chi connectivity index (χ3n) is 4.52. The zero-order valence-corrected chi connectivity index (χ0v) is 14.1. The quantitative estimate of drug-likeness (QED) is 0.689. The molecule has 128 valence electrons. The highest BCUT2D eigenvalue weighted by Gasteiger charge is 2.26. The van der Waals surface area contributed by atoms with E-state index in [1.807, 2.05) is 13.8 Å². The molecular formula is C16H26N4O3. The van der Waals surface area contributed by atoms with Gasteiger partial charge in [-0.2, -0.15) is 0 Å². The SMILES string of the molecule is CCCC(O)(CC)CC(C)CCn1c(=O)[nH]c2nc[nH]c2c1=O. The third-order valence-corrected chi connectivity index (χ3v) is 4.52. The highest BCUT2D eigenvalue weighted by atomic mass is 16.3. The molecule has 2 aromatic heterocycles. The number of aromatic nitrogens is 4. The molecule has 0 saturated carbocycles. The lowest BCUT2D eigenvalue weighted by Gasteiger charge is -2.29. The van der Waals surface area contributed by atoms with E-state index in [0.717, 1.165) is 12.8 Å². The van der Waals surface area contributed by atoms with Crippen LogP contribution >= 0.6 is 0 Å². The van der Waals surface area contributed by atoms with E-state index >= 15 is 0 Å². The van der Waals surface area contributed by atoms with E-state index in [-0.39, 0.29) is 17.1 Å². The Labute approximate surface area is 134 Å². The zero-order valence-electron chi connectivity index (χ0n) is 14.1. The Hall–Kier alpha value is -1.89. The Morgan fingerprint density at radius 1 is 1.39 bits per heavy atom. The Morgan fingerprint density at radius 3 is 2.78 bits per heavy atom. The summed E-state index contributed by atoms with van der Waals surface area (Å²) < 4.78 is 1.20. The second kappa shape index (κ2) is 7.12. The highest BCUT2D eigenvalue weighted by Crippen LogP contribution is 2.27. The summed E-state index contributed by atoms with van der Waals surface area (Å²) in [6, 6.07) is 0. The lowest BCUT2D eigenvalue weighted by atomic mass is 9.84. The Bertz CT molecular complexity index is 761. The van der Waals surface area contributed by atoms with E-state index < -0.39 is 11.3 Å². The molecule has 0 fully saturated rings. The summed E-state index contributed by atoms with van der Waals surface area (Å²) in [5.41, 5.74) is -0.853. The summed E-state index contributed by atoms with van der Waals surface area (Å²) >= 11 is 0. The van der Waals surface area contributed by atoms with Gasteiger partial charge in [-0.25, -0.2) is 9.78 Å². The average Bonchev–Trinajstić information content (AvgIpc) is 2.95. The maximum absolute atomic E-state index is 12.3. The summed E-state index contributed by atoms with van der Waals surface area (Å²) in [4.78, 5) is 33.6.